The summed E-state index contributed by atoms with van der Waals surface area (Å²) in [5.74, 6) is 0. The summed E-state index contributed by atoms with van der Waals surface area (Å²) >= 11 is 0. The second-order valence-corrected chi connectivity index (χ2v) is 2.08. The molecule has 0 aliphatic heterocycles. The van der Waals surface area contributed by atoms with Crippen LogP contribution in [0.1, 0.15) is 13.8 Å². The van der Waals surface area contributed by atoms with E-state index in [0.717, 1.165) is 18.8 Å². The Morgan fingerprint density at radius 3 is 2.82 bits per heavy atom. The minimum atomic E-state index is 0.812. The first-order chi connectivity index (χ1) is 5.35. The molecule has 1 N–H and O–H groups in total. The fourth-order valence-electron chi connectivity index (χ4n) is 0.710. The van der Waals surface area contributed by atoms with E-state index in [1.54, 1.807) is 6.20 Å². The van der Waals surface area contributed by atoms with Crippen LogP contribution in [-0.4, -0.2) is 18.8 Å². The fourth-order valence-corrected chi connectivity index (χ4v) is 0.710. The minimum absolute atomic E-state index is 0.812. The van der Waals surface area contributed by atoms with Crippen molar-refractivity contribution in [3.63, 3.8) is 0 Å². The molecule has 0 aromatic rings. The van der Waals surface area contributed by atoms with Crippen molar-refractivity contribution in [1.29, 1.82) is 0 Å². The van der Waals surface area contributed by atoms with Crippen LogP contribution in [0.5, 0.6) is 0 Å². The molecule has 0 saturated carbocycles. The van der Waals surface area contributed by atoms with E-state index < -0.39 is 0 Å². The summed E-state index contributed by atoms with van der Waals surface area (Å²) in [4.78, 5) is 4.08. The maximum Gasteiger partial charge on any atom is 0.0538 e. The van der Waals surface area contributed by atoms with Gasteiger partial charge in [0.25, 0.3) is 0 Å². The fraction of sp³-hybridized carbons (Fsp3) is 0.444. The molecule has 0 aliphatic carbocycles. The summed E-state index contributed by atoms with van der Waals surface area (Å²) in [6.45, 7) is 9.37. The van der Waals surface area contributed by atoms with Gasteiger partial charge in [-0.2, -0.15) is 0 Å². The molecular formula is C9H16N2. The Morgan fingerprint density at radius 1 is 1.64 bits per heavy atom. The predicted molar refractivity (Wildman–Crippen MR) is 51.0 cm³/mol. The van der Waals surface area contributed by atoms with Crippen molar-refractivity contribution in [2.24, 2.45) is 4.99 Å². The van der Waals surface area contributed by atoms with Gasteiger partial charge in [-0.25, -0.2) is 0 Å². The molecule has 0 radical (unpaired) electrons. The molecule has 0 aromatic heterocycles. The van der Waals surface area contributed by atoms with Crippen LogP contribution in [0.25, 0.3) is 0 Å². The number of hydrogen-bond donors (Lipinski definition) is 1. The van der Waals surface area contributed by atoms with Crippen LogP contribution in [0.3, 0.4) is 0 Å². The number of nitrogens with one attached hydrogen (secondary N) is 1. The number of nitrogens with zero attached hydrogens (tertiary/aromatic N) is 1. The first-order valence-electron chi connectivity index (χ1n) is 3.86. The maximum absolute atomic E-state index is 4.08. The number of hydrogen-bond acceptors (Lipinski definition) is 2. The van der Waals surface area contributed by atoms with Crippen LogP contribution in [0.15, 0.2) is 29.9 Å². The highest BCUT2D eigenvalue weighted by atomic mass is 14.9. The molecule has 0 fully saturated rings. The van der Waals surface area contributed by atoms with Gasteiger partial charge in [0.2, 0.25) is 0 Å². The van der Waals surface area contributed by atoms with Gasteiger partial charge >= 0.3 is 0 Å². The van der Waals surface area contributed by atoms with Crippen molar-refractivity contribution in [2.75, 3.05) is 13.1 Å². The molecule has 0 aromatic carbocycles. The van der Waals surface area contributed by atoms with Crippen molar-refractivity contribution in [1.82, 2.24) is 5.32 Å². The van der Waals surface area contributed by atoms with Gasteiger partial charge < -0.3 is 5.32 Å². The summed E-state index contributed by atoms with van der Waals surface area (Å²) in [6, 6.07) is 0. The first kappa shape index (κ1) is 10.1. The Labute approximate surface area is 68.7 Å². The zero-order valence-corrected chi connectivity index (χ0v) is 7.30. The lowest BCUT2D eigenvalue weighted by Gasteiger charge is -1.99. The van der Waals surface area contributed by atoms with Gasteiger partial charge in [0.15, 0.2) is 0 Å². The predicted octanol–water partition coefficient (Wildman–Crippen LogP) is 1.76. The molecule has 0 bridgehead atoms. The third-order valence-corrected chi connectivity index (χ3v) is 1.17. The molecule has 0 spiro atoms. The van der Waals surface area contributed by atoms with E-state index in [2.05, 4.69) is 23.8 Å². The van der Waals surface area contributed by atoms with Gasteiger partial charge in [0.05, 0.1) is 5.71 Å². The van der Waals surface area contributed by atoms with Crippen molar-refractivity contribution in [3.8, 4) is 0 Å². The molecule has 2 heteroatoms. The molecule has 62 valence electrons. The van der Waals surface area contributed by atoms with Gasteiger partial charge in [0.1, 0.15) is 0 Å². The molecule has 2 nitrogen and oxygen atoms in total. The number of aliphatic imine (C=N–C) groups is 1. The molecular weight excluding hydrogens is 136 g/mol. The van der Waals surface area contributed by atoms with Gasteiger partial charge in [-0.3, -0.25) is 4.99 Å². The molecule has 0 amide bonds. The van der Waals surface area contributed by atoms with Crippen LogP contribution in [0, 0.1) is 0 Å². The van der Waals surface area contributed by atoms with E-state index >= 15 is 0 Å². The van der Waals surface area contributed by atoms with Crippen molar-refractivity contribution in [3.05, 3.63) is 24.9 Å². The lowest BCUT2D eigenvalue weighted by atomic mass is 10.3. The topological polar surface area (TPSA) is 24.4 Å². The summed E-state index contributed by atoms with van der Waals surface area (Å²) in [6.07, 6.45) is 5.51. The Balaban J connectivity index is 3.89. The molecule has 0 saturated heterocycles. The molecule has 0 aliphatic rings. The first-order valence-corrected chi connectivity index (χ1v) is 3.86. The average Bonchev–Trinajstić information content (AvgIpc) is 2.01. The third-order valence-electron chi connectivity index (χ3n) is 1.17. The zero-order valence-electron chi connectivity index (χ0n) is 7.30. The number of rotatable bonds is 5. The van der Waals surface area contributed by atoms with E-state index in [1.165, 1.54) is 0 Å². The van der Waals surface area contributed by atoms with Crippen molar-refractivity contribution < 1.29 is 0 Å². The summed E-state index contributed by atoms with van der Waals surface area (Å²) in [5, 5.41) is 3.19. The SMILES string of the molecule is C=C/N=C(\C=C/C)CNCC. The number of allylic oxidation sites excluding steroid dienone is 1. The average molecular weight is 152 g/mol. The van der Waals surface area contributed by atoms with Crippen LogP contribution in [0.2, 0.25) is 0 Å². The monoisotopic (exact) mass is 152 g/mol. The highest BCUT2D eigenvalue weighted by Crippen LogP contribution is 1.82. The molecule has 0 rings (SSSR count). The lowest BCUT2D eigenvalue weighted by molar-refractivity contribution is 0.818. The Morgan fingerprint density at radius 2 is 2.36 bits per heavy atom. The zero-order chi connectivity index (χ0) is 8.53. The molecule has 0 heterocycles. The van der Waals surface area contributed by atoms with Crippen LogP contribution < -0.4 is 5.32 Å². The van der Waals surface area contributed by atoms with Crippen LogP contribution in [0.4, 0.5) is 0 Å². The van der Waals surface area contributed by atoms with Gasteiger partial charge in [0, 0.05) is 12.7 Å². The smallest absolute Gasteiger partial charge is 0.0538 e. The van der Waals surface area contributed by atoms with Crippen molar-refractivity contribution in [2.45, 2.75) is 13.8 Å². The van der Waals surface area contributed by atoms with E-state index in [9.17, 15) is 0 Å². The van der Waals surface area contributed by atoms with Gasteiger partial charge in [-0.05, 0) is 19.5 Å². The lowest BCUT2D eigenvalue weighted by Crippen LogP contribution is -2.20. The largest absolute Gasteiger partial charge is 0.311 e. The van der Waals surface area contributed by atoms with E-state index in [1.807, 2.05) is 19.1 Å². The highest BCUT2D eigenvalue weighted by molar-refractivity contribution is 5.96. The van der Waals surface area contributed by atoms with Crippen molar-refractivity contribution >= 4 is 5.71 Å². The van der Waals surface area contributed by atoms with Crippen LogP contribution in [-0.2, 0) is 0 Å². The normalized spacial score (nSPS) is 12.4. The Kier molecular flexibility index (Phi) is 6.64. The summed E-state index contributed by atoms with van der Waals surface area (Å²) in [5.41, 5.74) is 1.02. The Bertz CT molecular complexity index is 157. The Hall–Kier alpha value is -0.890. The minimum Gasteiger partial charge on any atom is -0.311 e. The second kappa shape index (κ2) is 7.22. The summed E-state index contributed by atoms with van der Waals surface area (Å²) < 4.78 is 0. The van der Waals surface area contributed by atoms with E-state index in [-0.39, 0.29) is 0 Å². The van der Waals surface area contributed by atoms with Gasteiger partial charge in [-0.15, -0.1) is 0 Å². The highest BCUT2D eigenvalue weighted by Gasteiger charge is 1.89. The van der Waals surface area contributed by atoms with E-state index in [0.29, 0.717) is 0 Å². The third kappa shape index (κ3) is 5.55. The summed E-state index contributed by atoms with van der Waals surface area (Å²) in [7, 11) is 0. The van der Waals surface area contributed by atoms with E-state index in [4.69, 9.17) is 0 Å². The molecule has 0 atom stereocenters. The quantitative estimate of drug-likeness (QED) is 0.596. The molecule has 11 heavy (non-hydrogen) atoms. The second-order valence-electron chi connectivity index (χ2n) is 2.08. The standard InChI is InChI=1S/C9H16N2/c1-4-7-9(11-6-3)8-10-5-2/h4,6-7,10H,3,5,8H2,1-2H3/b7-4-,11-9+. The van der Waals surface area contributed by atoms with Crippen LogP contribution >= 0.6 is 0 Å². The van der Waals surface area contributed by atoms with Gasteiger partial charge in [-0.1, -0.05) is 19.6 Å². The maximum atomic E-state index is 4.08. The molecule has 0 unspecified atom stereocenters.